The Balaban J connectivity index is 1.75. The van der Waals surface area contributed by atoms with Gasteiger partial charge in [-0.15, -0.1) is 0 Å². The van der Waals surface area contributed by atoms with Crippen LogP contribution in [0.4, 0.5) is 0 Å². The maximum Gasteiger partial charge on any atom is 0.323 e. The van der Waals surface area contributed by atoms with Crippen molar-refractivity contribution >= 4 is 5.97 Å². The molecule has 16 heavy (non-hydrogen) atoms. The van der Waals surface area contributed by atoms with Gasteiger partial charge in [-0.1, -0.05) is 6.92 Å². The molecule has 0 aromatic rings. The number of nitrogens with one attached hydrogen (secondary N) is 1. The molecule has 4 heteroatoms. The van der Waals surface area contributed by atoms with Gasteiger partial charge in [0.2, 0.25) is 0 Å². The van der Waals surface area contributed by atoms with Crippen molar-refractivity contribution in [3.8, 4) is 0 Å². The van der Waals surface area contributed by atoms with Crippen LogP contribution in [0.25, 0.3) is 0 Å². The summed E-state index contributed by atoms with van der Waals surface area (Å²) in [4.78, 5) is 11.7. The summed E-state index contributed by atoms with van der Waals surface area (Å²) in [7, 11) is 0. The number of carbonyl (C=O) groups is 1. The Morgan fingerprint density at radius 3 is 2.56 bits per heavy atom. The largest absolute Gasteiger partial charge is 0.461 e. The van der Waals surface area contributed by atoms with Crippen LogP contribution in [0.2, 0.25) is 0 Å². The molecule has 2 N–H and O–H groups in total. The summed E-state index contributed by atoms with van der Waals surface area (Å²) in [6, 6.07) is -0.297. The SMILES string of the molecule is CC1CCC(OC(=O)[C@@H]2C[C@H](O)CN2)CC1. The van der Waals surface area contributed by atoms with Gasteiger partial charge in [-0.2, -0.15) is 0 Å². The number of esters is 1. The Morgan fingerprint density at radius 2 is 2.00 bits per heavy atom. The molecule has 2 rings (SSSR count). The second-order valence-corrected chi connectivity index (χ2v) is 5.17. The molecule has 4 nitrogen and oxygen atoms in total. The minimum atomic E-state index is -0.399. The molecule has 1 aliphatic carbocycles. The van der Waals surface area contributed by atoms with Gasteiger partial charge in [-0.3, -0.25) is 4.79 Å². The average Bonchev–Trinajstić information content (AvgIpc) is 2.68. The number of rotatable bonds is 2. The monoisotopic (exact) mass is 227 g/mol. The smallest absolute Gasteiger partial charge is 0.323 e. The van der Waals surface area contributed by atoms with E-state index in [0.29, 0.717) is 13.0 Å². The first kappa shape index (κ1) is 11.9. The molecule has 0 aromatic carbocycles. The van der Waals surface area contributed by atoms with Crippen LogP contribution < -0.4 is 5.32 Å². The zero-order chi connectivity index (χ0) is 11.5. The minimum absolute atomic E-state index is 0.100. The number of hydrogen-bond donors (Lipinski definition) is 2. The number of β-amino-alcohol motifs (C(OH)–C–C–N with tert-alkyl or cyclic N) is 1. The van der Waals surface area contributed by atoms with E-state index in [1.807, 2.05) is 0 Å². The molecule has 1 heterocycles. The van der Waals surface area contributed by atoms with Gasteiger partial charge in [0, 0.05) is 13.0 Å². The predicted molar refractivity (Wildman–Crippen MR) is 59.9 cm³/mol. The van der Waals surface area contributed by atoms with Crippen molar-refractivity contribution in [2.45, 2.75) is 57.3 Å². The van der Waals surface area contributed by atoms with E-state index in [4.69, 9.17) is 4.74 Å². The van der Waals surface area contributed by atoms with Crippen LogP contribution in [0.3, 0.4) is 0 Å². The van der Waals surface area contributed by atoms with Gasteiger partial charge in [0.1, 0.15) is 12.1 Å². The van der Waals surface area contributed by atoms with E-state index in [1.165, 1.54) is 0 Å². The maximum atomic E-state index is 11.7. The molecular weight excluding hydrogens is 206 g/mol. The van der Waals surface area contributed by atoms with Gasteiger partial charge in [0.25, 0.3) is 0 Å². The van der Waals surface area contributed by atoms with Crippen LogP contribution in [0.15, 0.2) is 0 Å². The van der Waals surface area contributed by atoms with Gasteiger partial charge in [0.05, 0.1) is 6.10 Å². The van der Waals surface area contributed by atoms with Crippen LogP contribution in [0, 0.1) is 5.92 Å². The molecule has 0 bridgehead atoms. The fraction of sp³-hybridized carbons (Fsp3) is 0.917. The fourth-order valence-corrected chi connectivity index (χ4v) is 2.49. The van der Waals surface area contributed by atoms with E-state index in [9.17, 15) is 9.90 Å². The highest BCUT2D eigenvalue weighted by atomic mass is 16.5. The fourth-order valence-electron chi connectivity index (χ4n) is 2.49. The lowest BCUT2D eigenvalue weighted by Crippen LogP contribution is -2.36. The van der Waals surface area contributed by atoms with Crippen LogP contribution in [0.5, 0.6) is 0 Å². The topological polar surface area (TPSA) is 58.6 Å². The molecular formula is C12H21NO3. The van der Waals surface area contributed by atoms with Crippen molar-refractivity contribution in [2.24, 2.45) is 5.92 Å². The number of ether oxygens (including phenoxy) is 1. The molecule has 2 fully saturated rings. The summed E-state index contributed by atoms with van der Waals surface area (Å²) in [5, 5.41) is 12.3. The first-order valence-corrected chi connectivity index (χ1v) is 6.27. The van der Waals surface area contributed by atoms with Crippen LogP contribution >= 0.6 is 0 Å². The molecule has 0 spiro atoms. The van der Waals surface area contributed by atoms with E-state index in [2.05, 4.69) is 12.2 Å². The molecule has 1 saturated heterocycles. The van der Waals surface area contributed by atoms with Crippen molar-refractivity contribution in [2.75, 3.05) is 6.54 Å². The van der Waals surface area contributed by atoms with Crippen molar-refractivity contribution in [3.63, 3.8) is 0 Å². The molecule has 2 atom stereocenters. The van der Waals surface area contributed by atoms with E-state index < -0.39 is 6.10 Å². The third-order valence-corrected chi connectivity index (χ3v) is 3.64. The minimum Gasteiger partial charge on any atom is -0.461 e. The Morgan fingerprint density at radius 1 is 1.31 bits per heavy atom. The molecule has 0 amide bonds. The molecule has 0 unspecified atom stereocenters. The van der Waals surface area contributed by atoms with Gasteiger partial charge in [-0.25, -0.2) is 0 Å². The number of hydrogen-bond acceptors (Lipinski definition) is 4. The predicted octanol–water partition coefficient (Wildman–Crippen LogP) is 0.831. The summed E-state index contributed by atoms with van der Waals surface area (Å²) in [6.07, 6.45) is 4.47. The van der Waals surface area contributed by atoms with Gasteiger partial charge in [-0.05, 0) is 31.6 Å². The van der Waals surface area contributed by atoms with Crippen molar-refractivity contribution in [1.82, 2.24) is 5.32 Å². The van der Waals surface area contributed by atoms with Gasteiger partial charge in [0.15, 0.2) is 0 Å². The highest BCUT2D eigenvalue weighted by Crippen LogP contribution is 2.26. The first-order valence-electron chi connectivity index (χ1n) is 6.27. The summed E-state index contributed by atoms with van der Waals surface area (Å²) in [5.41, 5.74) is 0. The average molecular weight is 227 g/mol. The zero-order valence-electron chi connectivity index (χ0n) is 9.82. The highest BCUT2D eigenvalue weighted by Gasteiger charge is 2.31. The van der Waals surface area contributed by atoms with Gasteiger partial charge < -0.3 is 15.2 Å². The van der Waals surface area contributed by atoms with Crippen molar-refractivity contribution < 1.29 is 14.6 Å². The summed E-state index contributed by atoms with van der Waals surface area (Å²) >= 11 is 0. The van der Waals surface area contributed by atoms with Crippen LogP contribution in [0.1, 0.15) is 39.0 Å². The van der Waals surface area contributed by atoms with Crippen LogP contribution in [-0.2, 0) is 9.53 Å². The summed E-state index contributed by atoms with van der Waals surface area (Å²) in [6.45, 7) is 2.74. The second kappa shape index (κ2) is 5.15. The molecule has 0 aromatic heterocycles. The van der Waals surface area contributed by atoms with Crippen molar-refractivity contribution in [1.29, 1.82) is 0 Å². The molecule has 0 radical (unpaired) electrons. The Hall–Kier alpha value is -0.610. The Kier molecular flexibility index (Phi) is 3.82. The lowest BCUT2D eigenvalue weighted by atomic mass is 9.89. The lowest BCUT2D eigenvalue weighted by Gasteiger charge is -2.26. The van der Waals surface area contributed by atoms with Crippen molar-refractivity contribution in [3.05, 3.63) is 0 Å². The molecule has 1 saturated carbocycles. The maximum absolute atomic E-state index is 11.7. The van der Waals surface area contributed by atoms with E-state index in [1.54, 1.807) is 0 Å². The summed E-state index contributed by atoms with van der Waals surface area (Å²) < 4.78 is 5.46. The Labute approximate surface area is 96.4 Å². The second-order valence-electron chi connectivity index (χ2n) is 5.17. The van der Waals surface area contributed by atoms with Crippen LogP contribution in [-0.4, -0.2) is 35.9 Å². The lowest BCUT2D eigenvalue weighted by molar-refractivity contribution is -0.153. The standard InChI is InChI=1S/C12H21NO3/c1-8-2-4-10(5-3-8)16-12(15)11-6-9(14)7-13-11/h8-11,13-14H,2-7H2,1H3/t8?,9-,10?,11-/m0/s1. The molecule has 2 aliphatic rings. The highest BCUT2D eigenvalue weighted by molar-refractivity contribution is 5.76. The quantitative estimate of drug-likeness (QED) is 0.686. The zero-order valence-corrected chi connectivity index (χ0v) is 9.82. The molecule has 92 valence electrons. The van der Waals surface area contributed by atoms with E-state index in [0.717, 1.165) is 31.6 Å². The number of carbonyl (C=O) groups excluding carboxylic acids is 1. The van der Waals surface area contributed by atoms with E-state index in [-0.39, 0.29) is 18.1 Å². The first-order chi connectivity index (χ1) is 7.65. The number of aliphatic hydroxyl groups is 1. The third kappa shape index (κ3) is 2.95. The summed E-state index contributed by atoms with van der Waals surface area (Å²) in [5.74, 6) is 0.581. The van der Waals surface area contributed by atoms with E-state index >= 15 is 0 Å². The Bertz CT molecular complexity index is 249. The normalized spacial score (nSPS) is 39.6. The number of aliphatic hydroxyl groups excluding tert-OH is 1. The third-order valence-electron chi connectivity index (χ3n) is 3.64. The molecule has 1 aliphatic heterocycles. The van der Waals surface area contributed by atoms with Gasteiger partial charge >= 0.3 is 5.97 Å².